The highest BCUT2D eigenvalue weighted by Crippen LogP contribution is 2.37. The van der Waals surface area contributed by atoms with Crippen molar-refractivity contribution in [1.29, 1.82) is 10.5 Å². The highest BCUT2D eigenvalue weighted by molar-refractivity contribution is 6.03. The summed E-state index contributed by atoms with van der Waals surface area (Å²) in [5.41, 5.74) is 7.67. The third-order valence-corrected chi connectivity index (χ3v) is 9.63. The molecule has 1 amide bonds. The van der Waals surface area contributed by atoms with Crippen molar-refractivity contribution in [2.24, 2.45) is 13.0 Å². The van der Waals surface area contributed by atoms with Crippen LogP contribution in [-0.4, -0.2) is 68.0 Å². The van der Waals surface area contributed by atoms with Crippen molar-refractivity contribution in [3.05, 3.63) is 88.0 Å². The number of imidazole rings is 1. The van der Waals surface area contributed by atoms with Crippen LogP contribution in [0.2, 0.25) is 0 Å². The van der Waals surface area contributed by atoms with Gasteiger partial charge >= 0.3 is 5.97 Å². The molecule has 2 aliphatic heterocycles. The monoisotopic (exact) mass is 654 g/mol. The van der Waals surface area contributed by atoms with E-state index in [1.807, 2.05) is 55.9 Å². The van der Waals surface area contributed by atoms with Crippen LogP contribution in [-0.2, 0) is 31.4 Å². The van der Waals surface area contributed by atoms with E-state index in [0.717, 1.165) is 41.0 Å². The molecule has 49 heavy (non-hydrogen) atoms. The first-order valence-corrected chi connectivity index (χ1v) is 16.1. The molecule has 1 saturated heterocycles. The first-order valence-electron chi connectivity index (χ1n) is 16.1. The number of nitrogens with one attached hydrogen (secondary N) is 1. The van der Waals surface area contributed by atoms with Gasteiger partial charge in [-0.15, -0.1) is 0 Å². The normalized spacial score (nSPS) is 16.3. The second-order valence-corrected chi connectivity index (χ2v) is 12.8. The third-order valence-electron chi connectivity index (χ3n) is 9.63. The fourth-order valence-electron chi connectivity index (χ4n) is 7.02. The number of nitriles is 2. The summed E-state index contributed by atoms with van der Waals surface area (Å²) in [7, 11) is 3.87. The maximum Gasteiger partial charge on any atom is 0.307 e. The molecule has 2 N–H and O–H groups in total. The average molecular weight is 655 g/mol. The van der Waals surface area contributed by atoms with Gasteiger partial charge in [0, 0.05) is 56.5 Å². The predicted molar refractivity (Wildman–Crippen MR) is 181 cm³/mol. The molecule has 0 unspecified atom stereocenters. The van der Waals surface area contributed by atoms with Gasteiger partial charge in [-0.1, -0.05) is 24.3 Å². The van der Waals surface area contributed by atoms with Crippen LogP contribution in [0.3, 0.4) is 0 Å². The van der Waals surface area contributed by atoms with E-state index in [4.69, 9.17) is 9.40 Å². The summed E-state index contributed by atoms with van der Waals surface area (Å²) >= 11 is 0. The lowest BCUT2D eigenvalue weighted by Gasteiger charge is -2.21. The number of hydrogen-bond donors (Lipinski definition) is 2. The van der Waals surface area contributed by atoms with Crippen LogP contribution in [0.25, 0.3) is 33.7 Å². The first-order chi connectivity index (χ1) is 23.6. The molecule has 4 heterocycles. The number of likely N-dealkylation sites (tertiary alicyclic amines) is 1. The van der Waals surface area contributed by atoms with Crippen molar-refractivity contribution < 1.29 is 19.1 Å². The van der Waals surface area contributed by atoms with Crippen LogP contribution in [0.5, 0.6) is 0 Å². The van der Waals surface area contributed by atoms with E-state index >= 15 is 0 Å². The molecular weight excluding hydrogens is 620 g/mol. The zero-order chi connectivity index (χ0) is 34.4. The standard InChI is InChI=1S/C37H34N8O4/c1-21-25(27-8-5-9-29(28(27)17-39)41-35(46)34-40-31-20-43(2)12-11-32(31)44(34)3)6-4-7-26(21)36-42-30-15-22(14-24(16-38)33(30)49-36)18-45-13-10-23(19-45)37(47)48/h4-9,14-15,23H,10-13,18-20H2,1-3H3,(H,41,46)(H,47,48)/t23-/m1/s1. The Balaban J connectivity index is 1.19. The highest BCUT2D eigenvalue weighted by Gasteiger charge is 2.29. The molecule has 5 aromatic rings. The molecular formula is C37H34N8O4. The number of carbonyl (C=O) groups excluding carboxylic acids is 1. The van der Waals surface area contributed by atoms with Crippen molar-refractivity contribution in [2.45, 2.75) is 32.9 Å². The van der Waals surface area contributed by atoms with Gasteiger partial charge in [-0.3, -0.25) is 14.5 Å². The van der Waals surface area contributed by atoms with E-state index < -0.39 is 5.97 Å². The summed E-state index contributed by atoms with van der Waals surface area (Å²) in [6, 6.07) is 19.2. The summed E-state index contributed by atoms with van der Waals surface area (Å²) in [6.07, 6.45) is 1.41. The Bertz CT molecular complexity index is 2240. The lowest BCUT2D eigenvalue weighted by molar-refractivity contribution is -0.141. The summed E-state index contributed by atoms with van der Waals surface area (Å²) in [5, 5.41) is 32.6. The number of anilines is 1. The number of hydrogen-bond acceptors (Lipinski definition) is 9. The maximum absolute atomic E-state index is 13.5. The molecule has 3 aromatic carbocycles. The van der Waals surface area contributed by atoms with Gasteiger partial charge in [0.05, 0.1) is 28.4 Å². The average Bonchev–Trinajstić information content (AvgIpc) is 3.82. The van der Waals surface area contributed by atoms with E-state index in [1.165, 1.54) is 0 Å². The number of oxazole rings is 1. The minimum absolute atomic E-state index is 0.300. The topological polar surface area (TPSA) is 164 Å². The van der Waals surface area contributed by atoms with Gasteiger partial charge in [0.15, 0.2) is 11.4 Å². The SMILES string of the molecule is Cc1c(-c2nc3cc(CN4CC[C@@H](C(=O)O)C4)cc(C#N)c3o2)cccc1-c1cccc(NC(=O)c2nc3c(n2C)CCN(C)C3)c1C#N. The molecule has 0 saturated carbocycles. The number of benzene rings is 3. The van der Waals surface area contributed by atoms with Crippen LogP contribution in [0.4, 0.5) is 5.69 Å². The molecule has 0 bridgehead atoms. The quantitative estimate of drug-likeness (QED) is 0.241. The molecule has 12 heteroatoms. The van der Waals surface area contributed by atoms with Crippen LogP contribution in [0.15, 0.2) is 52.9 Å². The molecule has 1 fully saturated rings. The van der Waals surface area contributed by atoms with Crippen molar-refractivity contribution in [1.82, 2.24) is 24.3 Å². The van der Waals surface area contributed by atoms with E-state index in [-0.39, 0.29) is 11.8 Å². The number of aliphatic carboxylic acids is 1. The number of carbonyl (C=O) groups is 2. The third kappa shape index (κ3) is 5.82. The Kier molecular flexibility index (Phi) is 8.20. The number of amides is 1. The molecule has 0 spiro atoms. The fourth-order valence-corrected chi connectivity index (χ4v) is 7.02. The van der Waals surface area contributed by atoms with E-state index in [2.05, 4.69) is 32.2 Å². The van der Waals surface area contributed by atoms with Crippen LogP contribution >= 0.6 is 0 Å². The molecule has 2 aromatic heterocycles. The minimum Gasteiger partial charge on any atom is -0.481 e. The molecule has 2 aliphatic rings. The second kappa shape index (κ2) is 12.7. The van der Waals surface area contributed by atoms with Gasteiger partial charge in [0.1, 0.15) is 17.7 Å². The zero-order valence-corrected chi connectivity index (χ0v) is 27.4. The Hall–Kier alpha value is -5.82. The van der Waals surface area contributed by atoms with Crippen LogP contribution < -0.4 is 5.32 Å². The van der Waals surface area contributed by atoms with E-state index in [0.29, 0.717) is 83.4 Å². The number of rotatable bonds is 7. The zero-order valence-electron chi connectivity index (χ0n) is 27.4. The number of aromatic nitrogens is 3. The molecule has 12 nitrogen and oxygen atoms in total. The number of carboxylic acids is 1. The number of fused-ring (bicyclic) bond motifs is 2. The van der Waals surface area contributed by atoms with Crippen molar-refractivity contribution in [2.75, 3.05) is 32.0 Å². The smallest absolute Gasteiger partial charge is 0.307 e. The minimum atomic E-state index is -0.788. The summed E-state index contributed by atoms with van der Waals surface area (Å²) < 4.78 is 8.03. The first kappa shape index (κ1) is 31.8. The summed E-state index contributed by atoms with van der Waals surface area (Å²) in [5.74, 6) is -0.927. The lowest BCUT2D eigenvalue weighted by Crippen LogP contribution is -2.27. The van der Waals surface area contributed by atoms with Crippen molar-refractivity contribution >= 4 is 28.7 Å². The van der Waals surface area contributed by atoms with Gasteiger partial charge in [-0.25, -0.2) is 9.97 Å². The number of carboxylic acid groups (broad SMARTS) is 1. The maximum atomic E-state index is 13.5. The van der Waals surface area contributed by atoms with Crippen LogP contribution in [0, 0.1) is 35.5 Å². The van der Waals surface area contributed by atoms with Gasteiger partial charge < -0.3 is 24.3 Å². The van der Waals surface area contributed by atoms with Gasteiger partial charge in [0.2, 0.25) is 5.89 Å². The Labute approximate surface area is 282 Å². The van der Waals surface area contributed by atoms with Crippen molar-refractivity contribution in [3.8, 4) is 34.7 Å². The fraction of sp³-hybridized carbons (Fsp3) is 0.297. The lowest BCUT2D eigenvalue weighted by atomic mass is 9.92. The van der Waals surface area contributed by atoms with Crippen LogP contribution in [0.1, 0.15) is 50.7 Å². The second-order valence-electron chi connectivity index (χ2n) is 12.8. The Morgan fingerprint density at radius 2 is 1.82 bits per heavy atom. The Morgan fingerprint density at radius 1 is 1.04 bits per heavy atom. The Morgan fingerprint density at radius 3 is 2.57 bits per heavy atom. The molecule has 7 rings (SSSR count). The number of likely N-dealkylation sites (N-methyl/N-ethyl adjacent to an activating group) is 1. The largest absolute Gasteiger partial charge is 0.481 e. The highest BCUT2D eigenvalue weighted by atomic mass is 16.4. The van der Waals surface area contributed by atoms with Gasteiger partial charge in [-0.2, -0.15) is 10.5 Å². The molecule has 246 valence electrons. The van der Waals surface area contributed by atoms with Gasteiger partial charge in [-0.05, 0) is 67.9 Å². The summed E-state index contributed by atoms with van der Waals surface area (Å²) in [6.45, 7) is 5.14. The van der Waals surface area contributed by atoms with E-state index in [9.17, 15) is 25.2 Å². The molecule has 0 radical (unpaired) electrons. The predicted octanol–water partition coefficient (Wildman–Crippen LogP) is 5.09. The summed E-state index contributed by atoms with van der Waals surface area (Å²) in [4.78, 5) is 38.5. The van der Waals surface area contributed by atoms with Gasteiger partial charge in [0.25, 0.3) is 5.91 Å². The molecule has 0 aliphatic carbocycles. The van der Waals surface area contributed by atoms with E-state index in [1.54, 1.807) is 18.2 Å². The number of nitrogens with zero attached hydrogens (tertiary/aromatic N) is 7. The van der Waals surface area contributed by atoms with Crippen molar-refractivity contribution in [3.63, 3.8) is 0 Å². The molecule has 1 atom stereocenters.